The lowest BCUT2D eigenvalue weighted by molar-refractivity contribution is 0.112. The number of anilines is 1. The Bertz CT molecular complexity index is 964. The SMILES string of the molecule is NC1c2ccccc2N(Cc2ccc(Cl)c(Cl)c2)C(N)N1Cc1ccccc1. The molecule has 3 aromatic carbocycles. The number of nitrogens with two attached hydrogens (primary N) is 2. The zero-order valence-electron chi connectivity index (χ0n) is 15.3. The zero-order valence-corrected chi connectivity index (χ0v) is 16.8. The third kappa shape index (κ3) is 3.75. The smallest absolute Gasteiger partial charge is 0.136 e. The molecule has 2 atom stereocenters. The minimum absolute atomic E-state index is 0.281. The number of hydrogen-bond acceptors (Lipinski definition) is 4. The second-order valence-corrected chi connectivity index (χ2v) is 7.77. The van der Waals surface area contributed by atoms with E-state index < -0.39 is 0 Å². The minimum Gasteiger partial charge on any atom is -0.339 e. The van der Waals surface area contributed by atoms with Crippen molar-refractivity contribution in [3.05, 3.63) is 99.5 Å². The molecule has 0 amide bonds. The molecule has 0 aromatic heterocycles. The van der Waals surface area contributed by atoms with Crippen LogP contribution >= 0.6 is 23.2 Å². The van der Waals surface area contributed by atoms with E-state index in [2.05, 4.69) is 34.1 Å². The van der Waals surface area contributed by atoms with E-state index in [1.54, 1.807) is 0 Å². The molecule has 0 spiro atoms. The standard InChI is InChI=1S/C22H22Cl2N4/c23-18-11-10-16(12-19(18)24)14-27-20-9-5-4-8-17(20)21(25)28(22(27)26)13-15-6-2-1-3-7-15/h1-12,21-22H,13-14,25-26H2. The van der Waals surface area contributed by atoms with Gasteiger partial charge in [-0.1, -0.05) is 77.8 Å². The molecule has 1 heterocycles. The average Bonchev–Trinajstić information content (AvgIpc) is 2.72. The number of hydrogen-bond donors (Lipinski definition) is 2. The second-order valence-electron chi connectivity index (χ2n) is 6.95. The van der Waals surface area contributed by atoms with E-state index in [1.165, 1.54) is 5.56 Å². The van der Waals surface area contributed by atoms with Crippen molar-refractivity contribution in [3.63, 3.8) is 0 Å². The van der Waals surface area contributed by atoms with E-state index in [4.69, 9.17) is 34.7 Å². The maximum atomic E-state index is 6.70. The van der Waals surface area contributed by atoms with Gasteiger partial charge >= 0.3 is 0 Å². The molecule has 144 valence electrons. The Morgan fingerprint density at radius 1 is 0.750 bits per heavy atom. The molecule has 0 radical (unpaired) electrons. The highest BCUT2D eigenvalue weighted by Gasteiger charge is 2.35. The average molecular weight is 413 g/mol. The van der Waals surface area contributed by atoms with Gasteiger partial charge < -0.3 is 10.6 Å². The van der Waals surface area contributed by atoms with E-state index in [9.17, 15) is 0 Å². The van der Waals surface area contributed by atoms with Crippen molar-refractivity contribution in [1.82, 2.24) is 4.90 Å². The van der Waals surface area contributed by atoms with Crippen molar-refractivity contribution in [2.75, 3.05) is 4.90 Å². The summed E-state index contributed by atoms with van der Waals surface area (Å²) in [6, 6.07) is 24.0. The van der Waals surface area contributed by atoms with Gasteiger partial charge in [0.1, 0.15) is 6.29 Å². The Morgan fingerprint density at radius 3 is 2.21 bits per heavy atom. The van der Waals surface area contributed by atoms with Crippen LogP contribution in [-0.2, 0) is 13.1 Å². The molecule has 6 heteroatoms. The second kappa shape index (κ2) is 8.11. The van der Waals surface area contributed by atoms with Crippen LogP contribution in [0, 0.1) is 0 Å². The first-order chi connectivity index (χ1) is 13.5. The molecule has 0 aliphatic carbocycles. The lowest BCUT2D eigenvalue weighted by Crippen LogP contribution is -2.59. The van der Waals surface area contributed by atoms with Crippen molar-refractivity contribution in [2.24, 2.45) is 11.5 Å². The van der Waals surface area contributed by atoms with Gasteiger partial charge in [-0.15, -0.1) is 0 Å². The number of benzene rings is 3. The predicted molar refractivity (Wildman–Crippen MR) is 116 cm³/mol. The molecule has 4 nitrogen and oxygen atoms in total. The van der Waals surface area contributed by atoms with Crippen LogP contribution < -0.4 is 16.4 Å². The summed E-state index contributed by atoms with van der Waals surface area (Å²) in [5.41, 5.74) is 17.6. The van der Waals surface area contributed by atoms with Crippen LogP contribution in [0.4, 0.5) is 5.69 Å². The van der Waals surface area contributed by atoms with Crippen molar-refractivity contribution in [2.45, 2.75) is 25.5 Å². The molecule has 4 N–H and O–H groups in total. The number of para-hydroxylation sites is 1. The number of halogens is 2. The van der Waals surface area contributed by atoms with Crippen LogP contribution in [0.5, 0.6) is 0 Å². The van der Waals surface area contributed by atoms with E-state index in [-0.39, 0.29) is 12.5 Å². The minimum atomic E-state index is -0.375. The lowest BCUT2D eigenvalue weighted by atomic mass is 10.0. The van der Waals surface area contributed by atoms with E-state index in [1.807, 2.05) is 48.5 Å². The van der Waals surface area contributed by atoms with Crippen LogP contribution in [0.2, 0.25) is 10.0 Å². The third-order valence-electron chi connectivity index (χ3n) is 5.13. The Labute approximate surface area is 175 Å². The maximum Gasteiger partial charge on any atom is 0.136 e. The topological polar surface area (TPSA) is 58.5 Å². The number of nitrogens with zero attached hydrogens (tertiary/aromatic N) is 2. The Morgan fingerprint density at radius 2 is 1.46 bits per heavy atom. The first kappa shape index (κ1) is 19.2. The van der Waals surface area contributed by atoms with E-state index in [0.717, 1.165) is 16.8 Å². The zero-order chi connectivity index (χ0) is 19.7. The summed E-state index contributed by atoms with van der Waals surface area (Å²) in [4.78, 5) is 4.26. The van der Waals surface area contributed by atoms with Crippen molar-refractivity contribution >= 4 is 28.9 Å². The van der Waals surface area contributed by atoms with Crippen molar-refractivity contribution in [3.8, 4) is 0 Å². The third-order valence-corrected chi connectivity index (χ3v) is 5.87. The first-order valence-electron chi connectivity index (χ1n) is 9.15. The van der Waals surface area contributed by atoms with Gasteiger partial charge in [-0.05, 0) is 29.3 Å². The van der Waals surface area contributed by atoms with Crippen molar-refractivity contribution in [1.29, 1.82) is 0 Å². The van der Waals surface area contributed by atoms with Crippen LogP contribution in [0.1, 0.15) is 22.9 Å². The summed E-state index contributed by atoms with van der Waals surface area (Å²) < 4.78 is 0. The Kier molecular flexibility index (Phi) is 5.58. The predicted octanol–water partition coefficient (Wildman–Crippen LogP) is 4.72. The Hall–Kier alpha value is -2.08. The van der Waals surface area contributed by atoms with Crippen LogP contribution in [0.25, 0.3) is 0 Å². The molecule has 0 bridgehead atoms. The molecular weight excluding hydrogens is 391 g/mol. The monoisotopic (exact) mass is 412 g/mol. The van der Waals surface area contributed by atoms with Gasteiger partial charge in [0.2, 0.25) is 0 Å². The normalized spacial score (nSPS) is 19.5. The summed E-state index contributed by atoms with van der Waals surface area (Å²) in [5.74, 6) is 0. The number of rotatable bonds is 4. The first-order valence-corrected chi connectivity index (χ1v) is 9.90. The largest absolute Gasteiger partial charge is 0.339 e. The van der Waals surface area contributed by atoms with Crippen LogP contribution in [-0.4, -0.2) is 11.2 Å². The van der Waals surface area contributed by atoms with Gasteiger partial charge in [-0.2, -0.15) is 0 Å². The molecular formula is C22H22Cl2N4. The molecule has 1 aliphatic rings. The van der Waals surface area contributed by atoms with Gasteiger partial charge in [0.15, 0.2) is 0 Å². The fourth-order valence-electron chi connectivity index (χ4n) is 3.66. The fraction of sp³-hybridized carbons (Fsp3) is 0.182. The van der Waals surface area contributed by atoms with Gasteiger partial charge in [0, 0.05) is 24.3 Å². The van der Waals surface area contributed by atoms with Gasteiger partial charge in [-0.3, -0.25) is 5.73 Å². The summed E-state index contributed by atoms with van der Waals surface area (Å²) in [7, 11) is 0. The van der Waals surface area contributed by atoms with Crippen molar-refractivity contribution < 1.29 is 0 Å². The summed E-state index contributed by atoms with van der Waals surface area (Å²) in [5, 5.41) is 1.08. The van der Waals surface area contributed by atoms with Gasteiger partial charge in [0.05, 0.1) is 16.2 Å². The molecule has 1 aliphatic heterocycles. The maximum absolute atomic E-state index is 6.70. The molecule has 28 heavy (non-hydrogen) atoms. The molecule has 0 saturated carbocycles. The lowest BCUT2D eigenvalue weighted by Gasteiger charge is -2.47. The number of fused-ring (bicyclic) bond motifs is 1. The highest BCUT2D eigenvalue weighted by molar-refractivity contribution is 6.42. The molecule has 3 aromatic rings. The summed E-state index contributed by atoms with van der Waals surface area (Å²) in [6.45, 7) is 1.27. The van der Waals surface area contributed by atoms with E-state index >= 15 is 0 Å². The fourth-order valence-corrected chi connectivity index (χ4v) is 3.98. The molecule has 0 fully saturated rings. The highest BCUT2D eigenvalue weighted by Crippen LogP contribution is 2.37. The molecule has 4 rings (SSSR count). The summed E-state index contributed by atoms with van der Waals surface area (Å²) >= 11 is 12.3. The van der Waals surface area contributed by atoms with Crippen LogP contribution in [0.15, 0.2) is 72.8 Å². The molecule has 2 unspecified atom stereocenters. The van der Waals surface area contributed by atoms with Gasteiger partial charge in [-0.25, -0.2) is 4.90 Å². The summed E-state index contributed by atoms with van der Waals surface area (Å²) in [6.07, 6.45) is -0.656. The highest BCUT2D eigenvalue weighted by atomic mass is 35.5. The van der Waals surface area contributed by atoms with Crippen LogP contribution in [0.3, 0.4) is 0 Å². The quantitative estimate of drug-likeness (QED) is 0.650. The Balaban J connectivity index is 1.69. The van der Waals surface area contributed by atoms with E-state index in [0.29, 0.717) is 23.1 Å². The van der Waals surface area contributed by atoms with Gasteiger partial charge in [0.25, 0.3) is 0 Å². The molecule has 0 saturated heterocycles.